The van der Waals surface area contributed by atoms with E-state index in [1.807, 2.05) is 0 Å². The maximum absolute atomic E-state index is 12.2. The van der Waals surface area contributed by atoms with Crippen LogP contribution < -0.4 is 4.72 Å². The molecule has 21 heavy (non-hydrogen) atoms. The third-order valence-corrected chi connectivity index (χ3v) is 5.77. The summed E-state index contributed by atoms with van der Waals surface area (Å²) in [7, 11) is -2.07. The highest BCUT2D eigenvalue weighted by molar-refractivity contribution is 7.87. The van der Waals surface area contributed by atoms with Crippen LogP contribution in [0.15, 0.2) is 0 Å². The Morgan fingerprint density at radius 3 is 2.62 bits per heavy atom. The average Bonchev–Trinajstić information content (AvgIpc) is 2.95. The maximum Gasteiger partial charge on any atom is 0.306 e. The van der Waals surface area contributed by atoms with Crippen LogP contribution >= 0.6 is 0 Å². The van der Waals surface area contributed by atoms with Gasteiger partial charge in [-0.05, 0) is 12.8 Å². The molecule has 0 aromatic rings. The molecule has 8 nitrogen and oxygen atoms in total. The lowest BCUT2D eigenvalue weighted by molar-refractivity contribution is -0.142. The topological polar surface area (TPSA) is 105 Å². The zero-order valence-electron chi connectivity index (χ0n) is 12.1. The summed E-state index contributed by atoms with van der Waals surface area (Å²) in [4.78, 5) is 10.9. The molecule has 0 bridgehead atoms. The van der Waals surface area contributed by atoms with Gasteiger partial charge in [0.15, 0.2) is 0 Å². The van der Waals surface area contributed by atoms with E-state index in [2.05, 4.69) is 4.72 Å². The summed E-state index contributed by atoms with van der Waals surface area (Å²) in [6.07, 6.45) is 1.33. The Hall–Kier alpha value is -0.740. The van der Waals surface area contributed by atoms with E-state index in [9.17, 15) is 13.2 Å². The number of rotatable bonds is 6. The van der Waals surface area contributed by atoms with E-state index in [0.717, 1.165) is 0 Å². The Morgan fingerprint density at radius 2 is 2.14 bits per heavy atom. The summed E-state index contributed by atoms with van der Waals surface area (Å²) in [6.45, 7) is 1.53. The van der Waals surface area contributed by atoms with Gasteiger partial charge in [0.25, 0.3) is 10.2 Å². The van der Waals surface area contributed by atoms with Crippen LogP contribution in [0.25, 0.3) is 0 Å². The molecule has 2 N–H and O–H groups in total. The number of hydrogen-bond acceptors (Lipinski definition) is 5. The van der Waals surface area contributed by atoms with Crippen LogP contribution in [0.1, 0.15) is 19.3 Å². The fraction of sp³-hybridized carbons (Fsp3) is 0.917. The van der Waals surface area contributed by atoms with Crippen LogP contribution in [0.3, 0.4) is 0 Å². The van der Waals surface area contributed by atoms with E-state index in [1.54, 1.807) is 7.11 Å². The Labute approximate surface area is 124 Å². The van der Waals surface area contributed by atoms with E-state index in [1.165, 1.54) is 4.31 Å². The largest absolute Gasteiger partial charge is 0.481 e. The minimum atomic E-state index is -3.61. The van der Waals surface area contributed by atoms with Crippen molar-refractivity contribution in [1.29, 1.82) is 0 Å². The van der Waals surface area contributed by atoms with Gasteiger partial charge < -0.3 is 14.6 Å². The Bertz CT molecular complexity index is 466. The van der Waals surface area contributed by atoms with E-state index < -0.39 is 27.7 Å². The van der Waals surface area contributed by atoms with Crippen molar-refractivity contribution in [3.63, 3.8) is 0 Å². The number of piperidine rings is 1. The second-order valence-corrected chi connectivity index (χ2v) is 7.28. The van der Waals surface area contributed by atoms with Crippen LogP contribution in [0.4, 0.5) is 0 Å². The average molecular weight is 322 g/mol. The molecule has 2 saturated heterocycles. The van der Waals surface area contributed by atoms with Gasteiger partial charge in [-0.25, -0.2) is 0 Å². The van der Waals surface area contributed by atoms with Gasteiger partial charge >= 0.3 is 5.97 Å². The van der Waals surface area contributed by atoms with Gasteiger partial charge in [0.1, 0.15) is 5.60 Å². The van der Waals surface area contributed by atoms with Crippen LogP contribution in [0.2, 0.25) is 0 Å². The van der Waals surface area contributed by atoms with Gasteiger partial charge in [0.05, 0.1) is 12.5 Å². The Morgan fingerprint density at radius 1 is 1.48 bits per heavy atom. The number of carbonyl (C=O) groups is 1. The molecule has 122 valence electrons. The van der Waals surface area contributed by atoms with Crippen molar-refractivity contribution in [2.45, 2.75) is 24.9 Å². The third-order valence-electron chi connectivity index (χ3n) is 4.22. The highest BCUT2D eigenvalue weighted by Gasteiger charge is 2.38. The normalized spacial score (nSPS) is 28.8. The number of carboxylic acid groups (broad SMARTS) is 1. The lowest BCUT2D eigenvalue weighted by Gasteiger charge is -2.31. The second-order valence-electron chi connectivity index (χ2n) is 5.53. The van der Waals surface area contributed by atoms with Gasteiger partial charge in [0.2, 0.25) is 0 Å². The smallest absolute Gasteiger partial charge is 0.306 e. The lowest BCUT2D eigenvalue weighted by Crippen LogP contribution is -2.51. The van der Waals surface area contributed by atoms with Crippen LogP contribution in [-0.4, -0.2) is 69.4 Å². The summed E-state index contributed by atoms with van der Waals surface area (Å²) in [5.41, 5.74) is -0.605. The number of nitrogens with zero attached hydrogens (tertiary/aromatic N) is 1. The Balaban J connectivity index is 1.89. The summed E-state index contributed by atoms with van der Waals surface area (Å²) in [6, 6.07) is 0. The SMILES string of the molecule is COC1(CNS(=O)(=O)N2CCC(C(=O)O)CC2)CCOC1. The monoisotopic (exact) mass is 322 g/mol. The summed E-state index contributed by atoms with van der Waals surface area (Å²) < 4.78 is 39.0. The molecule has 2 aliphatic rings. The maximum atomic E-state index is 12.2. The summed E-state index contributed by atoms with van der Waals surface area (Å²) >= 11 is 0. The predicted molar refractivity (Wildman–Crippen MR) is 74.0 cm³/mol. The molecule has 0 saturated carbocycles. The fourth-order valence-corrected chi connectivity index (χ4v) is 3.94. The number of carboxylic acids is 1. The minimum absolute atomic E-state index is 0.157. The van der Waals surface area contributed by atoms with Gasteiger partial charge in [-0.2, -0.15) is 17.4 Å². The van der Waals surface area contributed by atoms with Crippen molar-refractivity contribution in [3.8, 4) is 0 Å². The number of ether oxygens (including phenoxy) is 2. The molecule has 9 heteroatoms. The molecule has 2 aliphatic heterocycles. The van der Waals surface area contributed by atoms with Crippen molar-refractivity contribution in [2.75, 3.05) is 40.0 Å². The van der Waals surface area contributed by atoms with E-state index in [4.69, 9.17) is 14.6 Å². The van der Waals surface area contributed by atoms with Gasteiger partial charge in [0, 0.05) is 39.8 Å². The van der Waals surface area contributed by atoms with Crippen LogP contribution in [-0.2, 0) is 24.5 Å². The molecular weight excluding hydrogens is 300 g/mol. The molecule has 0 aromatic carbocycles. The highest BCUT2D eigenvalue weighted by atomic mass is 32.2. The molecule has 2 fully saturated rings. The molecule has 2 rings (SSSR count). The molecule has 0 spiro atoms. The van der Waals surface area contributed by atoms with Crippen molar-refractivity contribution in [3.05, 3.63) is 0 Å². The van der Waals surface area contributed by atoms with Crippen molar-refractivity contribution >= 4 is 16.2 Å². The molecular formula is C12H22N2O6S. The number of nitrogens with one attached hydrogen (secondary N) is 1. The van der Waals surface area contributed by atoms with Gasteiger partial charge in [-0.1, -0.05) is 0 Å². The van der Waals surface area contributed by atoms with Crippen molar-refractivity contribution < 1.29 is 27.8 Å². The van der Waals surface area contributed by atoms with Crippen LogP contribution in [0, 0.1) is 5.92 Å². The van der Waals surface area contributed by atoms with E-state index in [0.29, 0.717) is 32.5 Å². The zero-order chi connectivity index (χ0) is 15.5. The standard InChI is InChI=1S/C12H22N2O6S/c1-19-12(4-7-20-9-12)8-13-21(17,18)14-5-2-10(3-6-14)11(15)16/h10,13H,2-9H2,1H3,(H,15,16). The lowest BCUT2D eigenvalue weighted by atomic mass is 9.99. The van der Waals surface area contributed by atoms with E-state index in [-0.39, 0.29) is 19.6 Å². The zero-order valence-corrected chi connectivity index (χ0v) is 12.9. The number of aliphatic carboxylic acids is 1. The number of hydrogen-bond donors (Lipinski definition) is 2. The first-order valence-corrected chi connectivity index (χ1v) is 8.43. The van der Waals surface area contributed by atoms with Gasteiger partial charge in [-0.15, -0.1) is 0 Å². The molecule has 0 aromatic heterocycles. The first-order chi connectivity index (χ1) is 9.88. The first kappa shape index (κ1) is 16.6. The van der Waals surface area contributed by atoms with Gasteiger partial charge in [-0.3, -0.25) is 4.79 Å². The predicted octanol–water partition coefficient (Wildman–Crippen LogP) is -0.577. The highest BCUT2D eigenvalue weighted by Crippen LogP contribution is 2.23. The molecule has 1 unspecified atom stereocenters. The minimum Gasteiger partial charge on any atom is -0.481 e. The van der Waals surface area contributed by atoms with Crippen molar-refractivity contribution in [1.82, 2.24) is 9.03 Å². The quantitative estimate of drug-likeness (QED) is 0.678. The third kappa shape index (κ3) is 3.92. The molecule has 0 radical (unpaired) electrons. The fourth-order valence-electron chi connectivity index (χ4n) is 2.62. The summed E-state index contributed by atoms with van der Waals surface area (Å²) in [5.74, 6) is -1.31. The number of methoxy groups -OCH3 is 1. The van der Waals surface area contributed by atoms with Crippen molar-refractivity contribution in [2.24, 2.45) is 5.92 Å². The molecule has 2 heterocycles. The second kappa shape index (κ2) is 6.57. The summed E-state index contributed by atoms with van der Waals surface area (Å²) in [5, 5.41) is 8.93. The van der Waals surface area contributed by atoms with E-state index >= 15 is 0 Å². The van der Waals surface area contributed by atoms with Crippen LogP contribution in [0.5, 0.6) is 0 Å². The molecule has 1 atom stereocenters. The Kier molecular flexibility index (Phi) is 5.20. The molecule has 0 amide bonds. The molecule has 0 aliphatic carbocycles. The first-order valence-electron chi connectivity index (χ1n) is 6.99.